The predicted octanol–water partition coefficient (Wildman–Crippen LogP) is 12.3. The first kappa shape index (κ1) is 26.7. The standard InChI is InChI=1S/C47H30N2/c1-2-13-36(14-3-1)48-43-17-9-8-16-39(43)41-28-32(20-24-44(41)48)33-21-25-45-42(29-33)40-23-19-35-26-34-12-6-7-15-38(34)46(35)47(40)49(45)37-22-18-30-10-4-5-11-31(30)27-37/h1-25,27-29H,26H2. The number of rotatable bonds is 3. The number of benzene rings is 8. The average molecular weight is 623 g/mol. The van der Waals surface area contributed by atoms with Gasteiger partial charge in [0.1, 0.15) is 0 Å². The molecule has 0 saturated heterocycles. The summed E-state index contributed by atoms with van der Waals surface area (Å²) in [5.74, 6) is 0. The van der Waals surface area contributed by atoms with Gasteiger partial charge in [-0.15, -0.1) is 0 Å². The molecule has 0 atom stereocenters. The summed E-state index contributed by atoms with van der Waals surface area (Å²) < 4.78 is 4.89. The third kappa shape index (κ3) is 3.83. The fraction of sp³-hybridized carbons (Fsp3) is 0.0213. The number of aromatic nitrogens is 2. The summed E-state index contributed by atoms with van der Waals surface area (Å²) in [6, 6.07) is 62.7. The van der Waals surface area contributed by atoms with Crippen LogP contribution in [0.4, 0.5) is 0 Å². The molecule has 1 aliphatic rings. The van der Waals surface area contributed by atoms with Crippen LogP contribution >= 0.6 is 0 Å². The molecule has 2 heteroatoms. The van der Waals surface area contributed by atoms with Crippen LogP contribution in [-0.2, 0) is 6.42 Å². The highest BCUT2D eigenvalue weighted by Crippen LogP contribution is 2.46. The van der Waals surface area contributed by atoms with E-state index in [1.165, 1.54) is 99.1 Å². The molecule has 0 saturated carbocycles. The van der Waals surface area contributed by atoms with Crippen LogP contribution in [-0.4, -0.2) is 9.13 Å². The van der Waals surface area contributed by atoms with E-state index in [4.69, 9.17) is 0 Å². The minimum Gasteiger partial charge on any atom is -0.309 e. The topological polar surface area (TPSA) is 9.86 Å². The van der Waals surface area contributed by atoms with Gasteiger partial charge < -0.3 is 9.13 Å². The summed E-state index contributed by atoms with van der Waals surface area (Å²) in [6.07, 6.45) is 0.975. The summed E-state index contributed by atoms with van der Waals surface area (Å²) >= 11 is 0. The Morgan fingerprint density at radius 3 is 1.90 bits per heavy atom. The Morgan fingerprint density at radius 2 is 1.04 bits per heavy atom. The minimum atomic E-state index is 0.975. The van der Waals surface area contributed by atoms with Crippen LogP contribution in [0.25, 0.3) is 88.0 Å². The molecule has 10 aromatic rings. The van der Waals surface area contributed by atoms with E-state index in [2.05, 4.69) is 179 Å². The maximum Gasteiger partial charge on any atom is 0.0622 e. The molecule has 8 aromatic carbocycles. The molecule has 2 heterocycles. The summed E-state index contributed by atoms with van der Waals surface area (Å²) in [5, 5.41) is 7.62. The van der Waals surface area contributed by atoms with Crippen molar-refractivity contribution < 1.29 is 0 Å². The van der Waals surface area contributed by atoms with Crippen LogP contribution < -0.4 is 0 Å². The molecule has 49 heavy (non-hydrogen) atoms. The van der Waals surface area contributed by atoms with Gasteiger partial charge in [-0.2, -0.15) is 0 Å². The van der Waals surface area contributed by atoms with E-state index in [0.717, 1.165) is 6.42 Å². The number of fused-ring (bicyclic) bond motifs is 11. The van der Waals surface area contributed by atoms with Crippen molar-refractivity contribution in [2.45, 2.75) is 6.42 Å². The molecule has 1 aliphatic carbocycles. The maximum atomic E-state index is 2.51. The lowest BCUT2D eigenvalue weighted by Crippen LogP contribution is -1.96. The first-order chi connectivity index (χ1) is 24.3. The van der Waals surface area contributed by atoms with Crippen LogP contribution in [0.3, 0.4) is 0 Å². The molecule has 11 rings (SSSR count). The monoisotopic (exact) mass is 622 g/mol. The van der Waals surface area contributed by atoms with Gasteiger partial charge in [-0.05, 0) is 99.6 Å². The number of hydrogen-bond acceptors (Lipinski definition) is 0. The van der Waals surface area contributed by atoms with Crippen molar-refractivity contribution in [3.63, 3.8) is 0 Å². The lowest BCUT2D eigenvalue weighted by Gasteiger charge is -2.13. The van der Waals surface area contributed by atoms with Gasteiger partial charge in [0.15, 0.2) is 0 Å². The molecule has 0 amide bonds. The van der Waals surface area contributed by atoms with Crippen LogP contribution in [0.1, 0.15) is 11.1 Å². The molecule has 0 aliphatic heterocycles. The Kier molecular flexibility index (Phi) is 5.47. The molecular weight excluding hydrogens is 593 g/mol. The van der Waals surface area contributed by atoms with Crippen molar-refractivity contribution in [1.29, 1.82) is 0 Å². The van der Waals surface area contributed by atoms with E-state index in [0.29, 0.717) is 0 Å². The SMILES string of the molecule is c1ccc(-n2c3ccccc3c3cc(-c4ccc5c(c4)c4ccc6c(c4n5-c4ccc5ccccc5c4)-c4ccccc4C6)ccc32)cc1. The third-order valence-corrected chi connectivity index (χ3v) is 10.7. The molecule has 0 radical (unpaired) electrons. The smallest absolute Gasteiger partial charge is 0.0622 e. The van der Waals surface area contributed by atoms with Crippen molar-refractivity contribution in [2.24, 2.45) is 0 Å². The van der Waals surface area contributed by atoms with Crippen molar-refractivity contribution >= 4 is 54.4 Å². The summed E-state index contributed by atoms with van der Waals surface area (Å²) in [4.78, 5) is 0. The van der Waals surface area contributed by atoms with Crippen LogP contribution in [0, 0.1) is 0 Å². The second kappa shape index (κ2) is 10.1. The van der Waals surface area contributed by atoms with Crippen molar-refractivity contribution in [3.05, 3.63) is 181 Å². The van der Waals surface area contributed by atoms with Gasteiger partial charge in [-0.3, -0.25) is 0 Å². The third-order valence-electron chi connectivity index (χ3n) is 10.7. The van der Waals surface area contributed by atoms with E-state index >= 15 is 0 Å². The zero-order chi connectivity index (χ0) is 32.1. The highest BCUT2D eigenvalue weighted by molar-refractivity contribution is 6.16. The zero-order valence-electron chi connectivity index (χ0n) is 26.8. The fourth-order valence-electron chi connectivity index (χ4n) is 8.49. The van der Waals surface area contributed by atoms with Gasteiger partial charge in [0.25, 0.3) is 0 Å². The Balaban J connectivity index is 1.17. The van der Waals surface area contributed by atoms with Crippen molar-refractivity contribution in [1.82, 2.24) is 9.13 Å². The normalized spacial score (nSPS) is 12.4. The van der Waals surface area contributed by atoms with Gasteiger partial charge in [0.2, 0.25) is 0 Å². The molecule has 2 aromatic heterocycles. The van der Waals surface area contributed by atoms with E-state index in [1.54, 1.807) is 0 Å². The van der Waals surface area contributed by atoms with Crippen LogP contribution in [0.5, 0.6) is 0 Å². The van der Waals surface area contributed by atoms with Gasteiger partial charge in [0.05, 0.1) is 22.1 Å². The fourth-order valence-corrected chi connectivity index (χ4v) is 8.49. The Labute approximate surface area is 283 Å². The van der Waals surface area contributed by atoms with Gasteiger partial charge in [0, 0.05) is 38.5 Å². The van der Waals surface area contributed by atoms with Gasteiger partial charge >= 0.3 is 0 Å². The zero-order valence-corrected chi connectivity index (χ0v) is 26.8. The molecular formula is C47H30N2. The lowest BCUT2D eigenvalue weighted by atomic mass is 9.99. The molecule has 0 N–H and O–H groups in total. The Bertz CT molecular complexity index is 2960. The molecule has 228 valence electrons. The molecule has 0 bridgehead atoms. The van der Waals surface area contributed by atoms with Gasteiger partial charge in [-0.25, -0.2) is 0 Å². The number of hydrogen-bond donors (Lipinski definition) is 0. The highest BCUT2D eigenvalue weighted by Gasteiger charge is 2.25. The molecule has 0 fully saturated rings. The quantitative estimate of drug-likeness (QED) is 0.186. The Morgan fingerprint density at radius 1 is 0.367 bits per heavy atom. The lowest BCUT2D eigenvalue weighted by molar-refractivity contribution is 1.18. The second-order valence-corrected chi connectivity index (χ2v) is 13.3. The van der Waals surface area contributed by atoms with Crippen LogP contribution in [0.2, 0.25) is 0 Å². The van der Waals surface area contributed by atoms with E-state index < -0.39 is 0 Å². The molecule has 2 nitrogen and oxygen atoms in total. The summed E-state index contributed by atoms with van der Waals surface area (Å²) in [7, 11) is 0. The molecule has 0 unspecified atom stereocenters. The minimum absolute atomic E-state index is 0.975. The summed E-state index contributed by atoms with van der Waals surface area (Å²) in [5.41, 5.74) is 15.3. The highest BCUT2D eigenvalue weighted by atomic mass is 15.0. The Hall–Kier alpha value is -6.38. The van der Waals surface area contributed by atoms with Crippen LogP contribution in [0.15, 0.2) is 170 Å². The number of nitrogens with zero attached hydrogens (tertiary/aromatic N) is 2. The predicted molar refractivity (Wildman–Crippen MR) is 206 cm³/mol. The van der Waals surface area contributed by atoms with Crippen molar-refractivity contribution in [3.8, 4) is 33.6 Å². The first-order valence-electron chi connectivity index (χ1n) is 17.1. The largest absolute Gasteiger partial charge is 0.309 e. The van der Waals surface area contributed by atoms with E-state index in [-0.39, 0.29) is 0 Å². The van der Waals surface area contributed by atoms with Gasteiger partial charge in [-0.1, -0.05) is 115 Å². The molecule has 0 spiro atoms. The van der Waals surface area contributed by atoms with Crippen molar-refractivity contribution in [2.75, 3.05) is 0 Å². The van der Waals surface area contributed by atoms with E-state index in [9.17, 15) is 0 Å². The summed E-state index contributed by atoms with van der Waals surface area (Å²) in [6.45, 7) is 0. The number of para-hydroxylation sites is 2. The van der Waals surface area contributed by atoms with E-state index in [1.807, 2.05) is 0 Å². The average Bonchev–Trinajstić information content (AvgIpc) is 3.82. The first-order valence-corrected chi connectivity index (χ1v) is 17.1. The second-order valence-electron chi connectivity index (χ2n) is 13.3. The maximum absolute atomic E-state index is 2.51.